The van der Waals surface area contributed by atoms with Crippen molar-refractivity contribution in [1.29, 1.82) is 0 Å². The first-order chi connectivity index (χ1) is 9.99. The minimum atomic E-state index is 0.160. The number of methoxy groups -OCH3 is 1. The molecule has 0 aliphatic heterocycles. The smallest absolute Gasteiger partial charge is 0.122 e. The summed E-state index contributed by atoms with van der Waals surface area (Å²) in [5.41, 5.74) is 6.08. The van der Waals surface area contributed by atoms with Crippen LogP contribution in [0.5, 0.6) is 5.75 Å². The molecule has 0 amide bonds. The number of nitrogens with zero attached hydrogens (tertiary/aromatic N) is 2. The molecule has 21 heavy (non-hydrogen) atoms. The lowest BCUT2D eigenvalue weighted by atomic mass is 9.93. The van der Waals surface area contributed by atoms with Crippen LogP contribution in [0.25, 0.3) is 0 Å². The molecular formula is C17H25N3O. The second-order valence-electron chi connectivity index (χ2n) is 5.48. The molecule has 1 aromatic carbocycles. The molecule has 0 radical (unpaired) electrons. The zero-order valence-electron chi connectivity index (χ0n) is 13.8. The normalized spacial score (nSPS) is 12.5. The van der Waals surface area contributed by atoms with Gasteiger partial charge in [0.25, 0.3) is 0 Å². The predicted octanol–water partition coefficient (Wildman–Crippen LogP) is 3.05. The molecule has 1 unspecified atom stereocenters. The molecule has 0 spiro atoms. The van der Waals surface area contributed by atoms with Crippen LogP contribution in [0.2, 0.25) is 0 Å². The van der Waals surface area contributed by atoms with Crippen LogP contribution in [0.4, 0.5) is 0 Å². The Morgan fingerprint density at radius 3 is 2.43 bits per heavy atom. The molecule has 2 aromatic rings. The Kier molecular flexibility index (Phi) is 4.68. The van der Waals surface area contributed by atoms with Crippen molar-refractivity contribution in [3.8, 4) is 5.75 Å². The number of nitrogens with one attached hydrogen (secondary N) is 1. The van der Waals surface area contributed by atoms with Gasteiger partial charge in [0.15, 0.2) is 0 Å². The summed E-state index contributed by atoms with van der Waals surface area (Å²) in [5, 5.41) is 7.96. The van der Waals surface area contributed by atoms with E-state index in [9.17, 15) is 0 Å². The molecule has 1 atom stereocenters. The number of benzene rings is 1. The summed E-state index contributed by atoms with van der Waals surface area (Å²) in [7, 11) is 3.70. The van der Waals surface area contributed by atoms with E-state index in [1.807, 2.05) is 17.9 Å². The molecule has 0 fully saturated rings. The standard InChI is InChI=1S/C17H25N3O/c1-7-18-17(15-10-19-20(5)13(15)4)14-8-12(3)16(21-6)9-11(14)2/h8-10,17-18H,7H2,1-6H3. The first kappa shape index (κ1) is 15.6. The van der Waals surface area contributed by atoms with Gasteiger partial charge in [0.05, 0.1) is 19.3 Å². The van der Waals surface area contributed by atoms with E-state index in [-0.39, 0.29) is 6.04 Å². The largest absolute Gasteiger partial charge is 0.496 e. The molecule has 0 saturated carbocycles. The van der Waals surface area contributed by atoms with E-state index in [1.165, 1.54) is 22.4 Å². The summed E-state index contributed by atoms with van der Waals surface area (Å²) in [6, 6.07) is 4.49. The van der Waals surface area contributed by atoms with E-state index in [0.29, 0.717) is 0 Å². The molecule has 0 bridgehead atoms. The van der Waals surface area contributed by atoms with Crippen molar-refractivity contribution >= 4 is 0 Å². The second kappa shape index (κ2) is 6.31. The van der Waals surface area contributed by atoms with Crippen molar-refractivity contribution in [2.45, 2.75) is 33.7 Å². The lowest BCUT2D eigenvalue weighted by Gasteiger charge is -2.22. The summed E-state index contributed by atoms with van der Waals surface area (Å²) < 4.78 is 7.34. The van der Waals surface area contributed by atoms with Crippen LogP contribution < -0.4 is 10.1 Å². The number of aromatic nitrogens is 2. The highest BCUT2D eigenvalue weighted by atomic mass is 16.5. The Bertz CT molecular complexity index is 631. The van der Waals surface area contributed by atoms with Gasteiger partial charge in [-0.15, -0.1) is 0 Å². The molecule has 1 aromatic heterocycles. The van der Waals surface area contributed by atoms with Crippen molar-refractivity contribution in [2.75, 3.05) is 13.7 Å². The lowest BCUT2D eigenvalue weighted by Crippen LogP contribution is -2.23. The number of aryl methyl sites for hydroxylation is 3. The molecule has 4 nitrogen and oxygen atoms in total. The van der Waals surface area contributed by atoms with E-state index >= 15 is 0 Å². The third-order valence-corrected chi connectivity index (χ3v) is 4.09. The lowest BCUT2D eigenvalue weighted by molar-refractivity contribution is 0.411. The van der Waals surface area contributed by atoms with Gasteiger partial charge in [-0.05, 0) is 50.1 Å². The molecule has 0 saturated heterocycles. The summed E-state index contributed by atoms with van der Waals surface area (Å²) in [5.74, 6) is 0.939. The topological polar surface area (TPSA) is 39.1 Å². The van der Waals surface area contributed by atoms with E-state index in [0.717, 1.165) is 17.9 Å². The summed E-state index contributed by atoms with van der Waals surface area (Å²) in [6.07, 6.45) is 1.96. The molecule has 1 N–H and O–H groups in total. The maximum atomic E-state index is 5.42. The van der Waals surface area contributed by atoms with Crippen molar-refractivity contribution in [2.24, 2.45) is 7.05 Å². The fourth-order valence-corrected chi connectivity index (χ4v) is 2.73. The van der Waals surface area contributed by atoms with Gasteiger partial charge in [-0.25, -0.2) is 0 Å². The van der Waals surface area contributed by atoms with Gasteiger partial charge in [0.1, 0.15) is 5.75 Å². The fraction of sp³-hybridized carbons (Fsp3) is 0.471. The SMILES string of the molecule is CCNC(c1cc(C)c(OC)cc1C)c1cnn(C)c1C. The van der Waals surface area contributed by atoms with Gasteiger partial charge < -0.3 is 10.1 Å². The summed E-state index contributed by atoms with van der Waals surface area (Å²) >= 11 is 0. The summed E-state index contributed by atoms with van der Waals surface area (Å²) in [6.45, 7) is 9.36. The van der Waals surface area contributed by atoms with Crippen LogP contribution in [0.1, 0.15) is 40.9 Å². The van der Waals surface area contributed by atoms with Gasteiger partial charge in [-0.1, -0.05) is 13.0 Å². The average molecular weight is 287 g/mol. The molecule has 2 rings (SSSR count). The van der Waals surface area contributed by atoms with Gasteiger partial charge in [-0.3, -0.25) is 4.68 Å². The Labute approximate surface area is 127 Å². The van der Waals surface area contributed by atoms with E-state index < -0.39 is 0 Å². The predicted molar refractivity (Wildman–Crippen MR) is 85.9 cm³/mol. The van der Waals surface area contributed by atoms with Crippen molar-refractivity contribution in [3.63, 3.8) is 0 Å². The third kappa shape index (κ3) is 2.95. The number of rotatable bonds is 5. The van der Waals surface area contributed by atoms with E-state index in [4.69, 9.17) is 4.74 Å². The van der Waals surface area contributed by atoms with Gasteiger partial charge in [0, 0.05) is 18.3 Å². The van der Waals surface area contributed by atoms with Crippen LogP contribution in [-0.4, -0.2) is 23.4 Å². The Balaban J connectivity index is 2.53. The Morgan fingerprint density at radius 2 is 1.90 bits per heavy atom. The second-order valence-corrected chi connectivity index (χ2v) is 5.48. The van der Waals surface area contributed by atoms with Gasteiger partial charge >= 0.3 is 0 Å². The molecule has 114 valence electrons. The highest BCUT2D eigenvalue weighted by molar-refractivity contribution is 5.46. The van der Waals surface area contributed by atoms with Crippen LogP contribution in [0.3, 0.4) is 0 Å². The highest BCUT2D eigenvalue weighted by Gasteiger charge is 2.20. The first-order valence-electron chi connectivity index (χ1n) is 7.36. The van der Waals surface area contributed by atoms with Crippen LogP contribution in [0, 0.1) is 20.8 Å². The van der Waals surface area contributed by atoms with Gasteiger partial charge in [0.2, 0.25) is 0 Å². The fourth-order valence-electron chi connectivity index (χ4n) is 2.73. The zero-order chi connectivity index (χ0) is 15.6. The molecule has 1 heterocycles. The van der Waals surface area contributed by atoms with Crippen LogP contribution >= 0.6 is 0 Å². The molecular weight excluding hydrogens is 262 g/mol. The van der Waals surface area contributed by atoms with Crippen molar-refractivity contribution < 1.29 is 4.74 Å². The summed E-state index contributed by atoms with van der Waals surface area (Å²) in [4.78, 5) is 0. The Hall–Kier alpha value is -1.81. The minimum absolute atomic E-state index is 0.160. The van der Waals surface area contributed by atoms with Gasteiger partial charge in [-0.2, -0.15) is 5.10 Å². The number of ether oxygens (including phenoxy) is 1. The maximum absolute atomic E-state index is 5.42. The average Bonchev–Trinajstić information content (AvgIpc) is 2.79. The third-order valence-electron chi connectivity index (χ3n) is 4.09. The number of hydrogen-bond acceptors (Lipinski definition) is 3. The molecule has 4 heteroatoms. The number of hydrogen-bond donors (Lipinski definition) is 1. The minimum Gasteiger partial charge on any atom is -0.496 e. The van der Waals surface area contributed by atoms with E-state index in [1.54, 1.807) is 7.11 Å². The first-order valence-corrected chi connectivity index (χ1v) is 7.36. The van der Waals surface area contributed by atoms with E-state index in [2.05, 4.69) is 50.2 Å². The zero-order valence-corrected chi connectivity index (χ0v) is 13.8. The van der Waals surface area contributed by atoms with Crippen LogP contribution in [0.15, 0.2) is 18.3 Å². The molecule has 0 aliphatic rings. The maximum Gasteiger partial charge on any atom is 0.122 e. The highest BCUT2D eigenvalue weighted by Crippen LogP contribution is 2.31. The quantitative estimate of drug-likeness (QED) is 0.918. The van der Waals surface area contributed by atoms with Crippen LogP contribution in [-0.2, 0) is 7.05 Å². The Morgan fingerprint density at radius 1 is 1.19 bits per heavy atom. The van der Waals surface area contributed by atoms with Crippen molar-refractivity contribution in [1.82, 2.24) is 15.1 Å². The van der Waals surface area contributed by atoms with Crippen molar-refractivity contribution in [3.05, 3.63) is 46.3 Å². The molecule has 0 aliphatic carbocycles. The monoisotopic (exact) mass is 287 g/mol.